The van der Waals surface area contributed by atoms with Crippen molar-refractivity contribution in [3.05, 3.63) is 42.5 Å². The average molecular weight is 485 g/mol. The summed E-state index contributed by atoms with van der Waals surface area (Å²) in [4.78, 5) is 4.53. The molecule has 0 amide bonds. The van der Waals surface area contributed by atoms with Gasteiger partial charge in [-0.3, -0.25) is 0 Å². The van der Waals surface area contributed by atoms with Gasteiger partial charge >= 0.3 is 0 Å². The molecular formula is C25H28N2O6S. The number of aromatic nitrogens is 1. The largest absolute Gasteiger partial charge is 0.494 e. The van der Waals surface area contributed by atoms with Crippen molar-refractivity contribution in [1.29, 1.82) is 0 Å². The van der Waals surface area contributed by atoms with Crippen LogP contribution in [0.15, 0.2) is 56.8 Å². The van der Waals surface area contributed by atoms with E-state index >= 15 is 0 Å². The lowest BCUT2D eigenvalue weighted by Crippen LogP contribution is -2.23. The van der Waals surface area contributed by atoms with E-state index in [4.69, 9.17) is 18.6 Å². The van der Waals surface area contributed by atoms with Crippen LogP contribution in [0.2, 0.25) is 0 Å². The molecule has 180 valence electrons. The van der Waals surface area contributed by atoms with Gasteiger partial charge in [0.2, 0.25) is 26.6 Å². The number of hydrogen-bond acceptors (Lipinski definition) is 8. The summed E-state index contributed by atoms with van der Waals surface area (Å²) in [6.45, 7) is 3.28. The van der Waals surface area contributed by atoms with Crippen LogP contribution in [-0.2, 0) is 9.84 Å². The van der Waals surface area contributed by atoms with E-state index in [1.807, 2.05) is 31.2 Å². The second-order valence-corrected chi connectivity index (χ2v) is 10.3. The summed E-state index contributed by atoms with van der Waals surface area (Å²) in [7, 11) is -3.99. The van der Waals surface area contributed by atoms with Gasteiger partial charge in [0.05, 0.1) is 11.5 Å². The zero-order valence-electron chi connectivity index (χ0n) is 19.1. The van der Waals surface area contributed by atoms with Gasteiger partial charge in [0.25, 0.3) is 0 Å². The maximum atomic E-state index is 13.7. The molecule has 5 rings (SSSR count). The quantitative estimate of drug-likeness (QED) is 0.495. The van der Waals surface area contributed by atoms with Crippen LogP contribution in [0.25, 0.3) is 11.5 Å². The number of sulfone groups is 1. The molecule has 0 saturated heterocycles. The minimum absolute atomic E-state index is 0.0787. The van der Waals surface area contributed by atoms with E-state index < -0.39 is 9.84 Å². The van der Waals surface area contributed by atoms with E-state index in [9.17, 15) is 8.42 Å². The first-order chi connectivity index (χ1) is 16.5. The van der Waals surface area contributed by atoms with Crippen molar-refractivity contribution in [3.8, 4) is 28.7 Å². The number of nitrogens with zero attached hydrogens (tertiary/aromatic N) is 1. The molecule has 9 heteroatoms. The maximum Gasteiger partial charge on any atom is 0.234 e. The molecule has 0 atom stereocenters. The summed E-state index contributed by atoms with van der Waals surface area (Å²) in [6, 6.07) is 12.0. The molecule has 1 aliphatic heterocycles. The fourth-order valence-corrected chi connectivity index (χ4v) is 5.58. The number of ether oxygens (including phenoxy) is 3. The van der Waals surface area contributed by atoms with Crippen LogP contribution in [0.4, 0.5) is 5.88 Å². The molecule has 8 nitrogen and oxygen atoms in total. The number of fused-ring (bicyclic) bond motifs is 1. The topological polar surface area (TPSA) is 99.9 Å². The Morgan fingerprint density at radius 2 is 1.74 bits per heavy atom. The molecule has 2 aromatic carbocycles. The number of oxazole rings is 1. The van der Waals surface area contributed by atoms with Crippen LogP contribution >= 0.6 is 0 Å². The van der Waals surface area contributed by atoms with Gasteiger partial charge in [-0.2, -0.15) is 4.98 Å². The molecular weight excluding hydrogens is 456 g/mol. The summed E-state index contributed by atoms with van der Waals surface area (Å²) in [5, 5.41) is 3.19. The number of benzene rings is 2. The average Bonchev–Trinajstić information content (AvgIpc) is 3.29. The molecule has 0 bridgehead atoms. The first kappa shape index (κ1) is 22.6. The Bertz CT molecular complexity index is 1250. The Morgan fingerprint density at radius 1 is 1.00 bits per heavy atom. The summed E-state index contributed by atoms with van der Waals surface area (Å²) >= 11 is 0. The van der Waals surface area contributed by atoms with Gasteiger partial charge in [-0.05, 0) is 56.2 Å². The van der Waals surface area contributed by atoms with Gasteiger partial charge in [-0.25, -0.2) is 8.42 Å². The zero-order chi connectivity index (χ0) is 23.5. The molecule has 0 unspecified atom stereocenters. The standard InChI is InChI=1S/C25H28N2O6S/c1-2-30-19-10-8-17(9-11-19)23-27-25(24(33-23)26-18-6-4-3-5-7-18)34(28,29)20-12-13-21-22(16-20)32-15-14-31-21/h8-13,16,18,26H,2-7,14-15H2,1H3. The molecule has 0 radical (unpaired) electrons. The Labute approximate surface area is 199 Å². The van der Waals surface area contributed by atoms with Crippen LogP contribution in [0, 0.1) is 0 Å². The van der Waals surface area contributed by atoms with Crippen molar-refractivity contribution in [2.45, 2.75) is 55.0 Å². The molecule has 1 aliphatic carbocycles. The SMILES string of the molecule is CCOc1ccc(-c2nc(S(=O)(=O)c3ccc4c(c3)OCCO4)c(NC3CCCCC3)o2)cc1. The second kappa shape index (κ2) is 9.58. The van der Waals surface area contributed by atoms with Crippen molar-refractivity contribution in [2.24, 2.45) is 0 Å². The Balaban J connectivity index is 1.53. The first-order valence-electron chi connectivity index (χ1n) is 11.7. The van der Waals surface area contributed by atoms with Crippen LogP contribution in [-0.4, -0.2) is 39.3 Å². The van der Waals surface area contributed by atoms with Crippen LogP contribution in [0.1, 0.15) is 39.0 Å². The second-order valence-electron chi connectivity index (χ2n) is 8.40. The minimum Gasteiger partial charge on any atom is -0.494 e. The number of nitrogens with one attached hydrogen (secondary N) is 1. The van der Waals surface area contributed by atoms with Gasteiger partial charge in [0, 0.05) is 17.7 Å². The zero-order valence-corrected chi connectivity index (χ0v) is 19.9. The lowest BCUT2D eigenvalue weighted by molar-refractivity contribution is 0.171. The lowest BCUT2D eigenvalue weighted by atomic mass is 9.96. The van der Waals surface area contributed by atoms with E-state index in [-0.39, 0.29) is 27.7 Å². The summed E-state index contributed by atoms with van der Waals surface area (Å²) in [6.07, 6.45) is 5.31. The van der Waals surface area contributed by atoms with Gasteiger partial charge < -0.3 is 23.9 Å². The predicted molar refractivity (Wildman–Crippen MR) is 126 cm³/mol. The smallest absolute Gasteiger partial charge is 0.234 e. The van der Waals surface area contributed by atoms with E-state index in [0.717, 1.165) is 31.4 Å². The van der Waals surface area contributed by atoms with Crippen LogP contribution in [0.5, 0.6) is 17.2 Å². The molecule has 1 saturated carbocycles. The highest BCUT2D eigenvalue weighted by Crippen LogP contribution is 2.38. The number of rotatable bonds is 7. The van der Waals surface area contributed by atoms with Crippen molar-refractivity contribution in [2.75, 3.05) is 25.1 Å². The fraction of sp³-hybridized carbons (Fsp3) is 0.400. The molecule has 3 aromatic rings. The summed E-state index contributed by atoms with van der Waals surface area (Å²) in [5.41, 5.74) is 0.666. The molecule has 0 spiro atoms. The molecule has 1 N–H and O–H groups in total. The molecule has 34 heavy (non-hydrogen) atoms. The highest BCUT2D eigenvalue weighted by Gasteiger charge is 2.31. The monoisotopic (exact) mass is 484 g/mol. The van der Waals surface area contributed by atoms with Crippen LogP contribution < -0.4 is 19.5 Å². The summed E-state index contributed by atoms with van der Waals surface area (Å²) in [5.74, 6) is 2.07. The van der Waals surface area contributed by atoms with Gasteiger partial charge in [-0.15, -0.1) is 0 Å². The van der Waals surface area contributed by atoms with E-state index in [1.54, 1.807) is 6.07 Å². The third-order valence-corrected chi connectivity index (χ3v) is 7.69. The third-order valence-electron chi connectivity index (χ3n) is 6.03. The Morgan fingerprint density at radius 3 is 2.47 bits per heavy atom. The number of anilines is 1. The molecule has 2 heterocycles. The van der Waals surface area contributed by atoms with Gasteiger partial charge in [0.1, 0.15) is 19.0 Å². The van der Waals surface area contributed by atoms with E-state index in [1.165, 1.54) is 18.6 Å². The minimum atomic E-state index is -3.99. The molecule has 1 aromatic heterocycles. The first-order valence-corrected chi connectivity index (χ1v) is 13.2. The number of hydrogen-bond donors (Lipinski definition) is 1. The maximum absolute atomic E-state index is 13.7. The summed E-state index contributed by atoms with van der Waals surface area (Å²) < 4.78 is 50.0. The Hall–Kier alpha value is -3.20. The normalized spacial score (nSPS) is 16.3. The third kappa shape index (κ3) is 4.57. The Kier molecular flexibility index (Phi) is 6.36. The van der Waals surface area contributed by atoms with E-state index in [0.29, 0.717) is 36.9 Å². The van der Waals surface area contributed by atoms with Crippen molar-refractivity contribution < 1.29 is 27.0 Å². The van der Waals surface area contributed by atoms with Crippen molar-refractivity contribution in [3.63, 3.8) is 0 Å². The van der Waals surface area contributed by atoms with Gasteiger partial charge in [-0.1, -0.05) is 19.3 Å². The highest BCUT2D eigenvalue weighted by atomic mass is 32.2. The predicted octanol–water partition coefficient (Wildman–Crippen LogP) is 5.09. The highest BCUT2D eigenvalue weighted by molar-refractivity contribution is 7.91. The fourth-order valence-electron chi connectivity index (χ4n) is 4.30. The molecule has 1 fully saturated rings. The van der Waals surface area contributed by atoms with Gasteiger partial charge in [0.15, 0.2) is 11.5 Å². The van der Waals surface area contributed by atoms with Crippen molar-refractivity contribution in [1.82, 2.24) is 4.98 Å². The van der Waals surface area contributed by atoms with Crippen molar-refractivity contribution >= 4 is 15.7 Å². The lowest BCUT2D eigenvalue weighted by Gasteiger charge is -2.22. The van der Waals surface area contributed by atoms with E-state index in [2.05, 4.69) is 10.3 Å². The van der Waals surface area contributed by atoms with Crippen LogP contribution in [0.3, 0.4) is 0 Å². The molecule has 2 aliphatic rings.